The maximum atomic E-state index is 10.3. The molecule has 7 N–H and O–H groups in total. The van der Waals surface area contributed by atoms with E-state index in [1.54, 1.807) is 0 Å². The second-order valence-corrected chi connectivity index (χ2v) is 10.1. The first kappa shape index (κ1) is 41.8. The highest BCUT2D eigenvalue weighted by Gasteiger charge is 2.12. The highest BCUT2D eigenvalue weighted by molar-refractivity contribution is 5.74. The van der Waals surface area contributed by atoms with Crippen LogP contribution in [0.2, 0.25) is 0 Å². The number of unbranched alkanes of at least 4 members (excludes halogenated alkanes) is 14. The Bertz CT molecular complexity index is 545. The Hall–Kier alpha value is -1.71. The molecule has 0 aromatic rings. The predicted octanol–water partition coefficient (Wildman–Crippen LogP) is 6.27. The lowest BCUT2D eigenvalue weighted by atomic mass is 10.0. The van der Waals surface area contributed by atoms with E-state index in [4.69, 9.17) is 26.8 Å². The molecular weight excluding hydrogens is 498 g/mol. The van der Waals surface area contributed by atoms with Gasteiger partial charge in [0.1, 0.15) is 6.04 Å². The van der Waals surface area contributed by atoms with Crippen molar-refractivity contribution in [2.24, 2.45) is 11.5 Å². The first-order chi connectivity index (χ1) is 18.7. The standard InChI is InChI=1S/C18H36O2.C7H18N2.C5H9NO4/c1-2-3-4-5-6-7-8-9-10-11-12-13-14-15-16-17-18(19)20;1-3-9(4-2)7-5-6-8;6-3(5(9)10)1-2-4(7)8/h2-17H2,1H3,(H,19,20);3-8H2,1-2H3;3H,1-2,6H2,(H,7,8)(H,9,10)/t;;3-/m..0/s1. The van der Waals surface area contributed by atoms with Gasteiger partial charge in [-0.15, -0.1) is 0 Å². The number of hydrogen-bond acceptors (Lipinski definition) is 6. The van der Waals surface area contributed by atoms with Crippen LogP contribution in [-0.2, 0) is 14.4 Å². The van der Waals surface area contributed by atoms with Gasteiger partial charge in [0.15, 0.2) is 0 Å². The molecule has 0 aromatic heterocycles. The van der Waals surface area contributed by atoms with Crippen molar-refractivity contribution in [3.05, 3.63) is 0 Å². The Morgan fingerprint density at radius 3 is 1.31 bits per heavy atom. The van der Waals surface area contributed by atoms with Gasteiger partial charge in [0.05, 0.1) is 0 Å². The van der Waals surface area contributed by atoms with Crippen LogP contribution in [0.1, 0.15) is 143 Å². The fourth-order valence-corrected chi connectivity index (χ4v) is 3.90. The van der Waals surface area contributed by atoms with E-state index in [0.717, 1.165) is 45.4 Å². The number of rotatable bonds is 25. The summed E-state index contributed by atoms with van der Waals surface area (Å²) >= 11 is 0. The Morgan fingerprint density at radius 1 is 0.615 bits per heavy atom. The normalized spacial score (nSPS) is 11.2. The molecule has 234 valence electrons. The van der Waals surface area contributed by atoms with E-state index in [-0.39, 0.29) is 12.8 Å². The van der Waals surface area contributed by atoms with Crippen molar-refractivity contribution in [2.75, 3.05) is 26.2 Å². The van der Waals surface area contributed by atoms with E-state index in [9.17, 15) is 14.4 Å². The van der Waals surface area contributed by atoms with Crippen LogP contribution in [0.4, 0.5) is 0 Å². The van der Waals surface area contributed by atoms with E-state index < -0.39 is 23.9 Å². The minimum Gasteiger partial charge on any atom is -0.481 e. The molecular formula is C30H63N3O6. The van der Waals surface area contributed by atoms with Crippen molar-refractivity contribution < 1.29 is 29.7 Å². The van der Waals surface area contributed by atoms with Crippen molar-refractivity contribution in [1.29, 1.82) is 0 Å². The minimum absolute atomic E-state index is 0.0231. The summed E-state index contributed by atoms with van der Waals surface area (Å²) in [4.78, 5) is 32.6. The number of aliphatic carboxylic acids is 3. The average molecular weight is 562 g/mol. The smallest absolute Gasteiger partial charge is 0.320 e. The van der Waals surface area contributed by atoms with Crippen molar-refractivity contribution in [3.8, 4) is 0 Å². The third-order valence-electron chi connectivity index (χ3n) is 6.55. The van der Waals surface area contributed by atoms with Crippen molar-refractivity contribution in [3.63, 3.8) is 0 Å². The zero-order chi connectivity index (χ0) is 30.2. The molecule has 0 fully saturated rings. The molecule has 9 nitrogen and oxygen atoms in total. The third kappa shape index (κ3) is 40.9. The number of nitrogens with zero attached hydrogens (tertiary/aromatic N) is 1. The molecule has 0 spiro atoms. The first-order valence-electron chi connectivity index (χ1n) is 15.5. The molecule has 0 radical (unpaired) electrons. The van der Waals surface area contributed by atoms with Gasteiger partial charge in [0.25, 0.3) is 0 Å². The van der Waals surface area contributed by atoms with Crippen molar-refractivity contribution >= 4 is 17.9 Å². The summed E-state index contributed by atoms with van der Waals surface area (Å²) in [6.45, 7) is 10.9. The Morgan fingerprint density at radius 2 is 1.00 bits per heavy atom. The third-order valence-corrected chi connectivity index (χ3v) is 6.55. The Kier molecular flexibility index (Phi) is 36.8. The van der Waals surface area contributed by atoms with Gasteiger partial charge >= 0.3 is 17.9 Å². The fourth-order valence-electron chi connectivity index (χ4n) is 3.90. The molecule has 0 amide bonds. The summed E-state index contributed by atoms with van der Waals surface area (Å²) in [5, 5.41) is 24.8. The van der Waals surface area contributed by atoms with Gasteiger partial charge in [-0.2, -0.15) is 0 Å². The molecule has 0 aliphatic carbocycles. The molecule has 9 heteroatoms. The Labute approximate surface area is 239 Å². The van der Waals surface area contributed by atoms with Crippen LogP contribution in [0.5, 0.6) is 0 Å². The predicted molar refractivity (Wildman–Crippen MR) is 161 cm³/mol. The molecule has 39 heavy (non-hydrogen) atoms. The van der Waals surface area contributed by atoms with E-state index >= 15 is 0 Å². The zero-order valence-electron chi connectivity index (χ0n) is 25.5. The quantitative estimate of drug-likeness (QED) is 0.0806. The fraction of sp³-hybridized carbons (Fsp3) is 0.900. The number of carboxylic acids is 3. The molecule has 0 saturated heterocycles. The van der Waals surface area contributed by atoms with Crippen molar-refractivity contribution in [1.82, 2.24) is 4.90 Å². The van der Waals surface area contributed by atoms with E-state index in [1.807, 2.05) is 0 Å². The van der Waals surface area contributed by atoms with Gasteiger partial charge in [-0.3, -0.25) is 14.4 Å². The van der Waals surface area contributed by atoms with Gasteiger partial charge in [-0.05, 0) is 45.4 Å². The van der Waals surface area contributed by atoms with Gasteiger partial charge in [0, 0.05) is 12.8 Å². The lowest BCUT2D eigenvalue weighted by Gasteiger charge is -2.16. The second kappa shape index (κ2) is 34.3. The molecule has 0 bridgehead atoms. The number of carbonyl (C=O) groups is 3. The highest BCUT2D eigenvalue weighted by Crippen LogP contribution is 2.13. The summed E-state index contributed by atoms with van der Waals surface area (Å²) in [5.41, 5.74) is 10.4. The van der Waals surface area contributed by atoms with E-state index in [0.29, 0.717) is 6.42 Å². The van der Waals surface area contributed by atoms with Crippen LogP contribution in [0.25, 0.3) is 0 Å². The monoisotopic (exact) mass is 561 g/mol. The molecule has 0 saturated carbocycles. The van der Waals surface area contributed by atoms with Gasteiger partial charge in [-0.25, -0.2) is 0 Å². The van der Waals surface area contributed by atoms with Crippen LogP contribution in [0.3, 0.4) is 0 Å². The molecule has 0 aromatic carbocycles. The molecule has 0 heterocycles. The second-order valence-electron chi connectivity index (χ2n) is 10.1. The van der Waals surface area contributed by atoms with E-state index in [2.05, 4.69) is 25.7 Å². The molecule has 0 aliphatic rings. The summed E-state index contributed by atoms with van der Waals surface area (Å²) < 4.78 is 0. The van der Waals surface area contributed by atoms with Crippen LogP contribution in [-0.4, -0.2) is 70.3 Å². The average Bonchev–Trinajstić information content (AvgIpc) is 2.90. The summed E-state index contributed by atoms with van der Waals surface area (Å²) in [5.74, 6) is -2.85. The topological polar surface area (TPSA) is 167 Å². The number of nitrogens with two attached hydrogens (primary N) is 2. The lowest BCUT2D eigenvalue weighted by Crippen LogP contribution is -2.30. The first-order valence-corrected chi connectivity index (χ1v) is 15.5. The van der Waals surface area contributed by atoms with Gasteiger partial charge in [-0.1, -0.05) is 111 Å². The van der Waals surface area contributed by atoms with Crippen LogP contribution in [0.15, 0.2) is 0 Å². The van der Waals surface area contributed by atoms with Crippen LogP contribution >= 0.6 is 0 Å². The SMILES string of the molecule is CCCCCCCCCCCCCCCCCC(=O)O.CCN(CC)CCCN.N[C@@H](CCC(=O)O)C(=O)O. The summed E-state index contributed by atoms with van der Waals surface area (Å²) in [7, 11) is 0. The minimum atomic E-state index is -1.17. The molecule has 0 unspecified atom stereocenters. The molecule has 0 rings (SSSR count). The maximum absolute atomic E-state index is 10.3. The van der Waals surface area contributed by atoms with Gasteiger partial charge in [0.2, 0.25) is 0 Å². The lowest BCUT2D eigenvalue weighted by molar-refractivity contribution is -0.140. The summed E-state index contributed by atoms with van der Waals surface area (Å²) in [6.07, 6.45) is 21.1. The number of carboxylic acid groups (broad SMARTS) is 3. The summed E-state index contributed by atoms with van der Waals surface area (Å²) in [6, 6.07) is -1.06. The van der Waals surface area contributed by atoms with Gasteiger partial charge < -0.3 is 31.7 Å². The van der Waals surface area contributed by atoms with E-state index in [1.165, 1.54) is 83.5 Å². The zero-order valence-corrected chi connectivity index (χ0v) is 25.5. The Balaban J connectivity index is -0.000000568. The van der Waals surface area contributed by atoms with Crippen LogP contribution < -0.4 is 11.5 Å². The maximum Gasteiger partial charge on any atom is 0.320 e. The highest BCUT2D eigenvalue weighted by atomic mass is 16.4. The molecule has 1 atom stereocenters. The molecule has 0 aliphatic heterocycles. The van der Waals surface area contributed by atoms with Crippen molar-refractivity contribution in [2.45, 2.75) is 149 Å². The largest absolute Gasteiger partial charge is 0.481 e. The van der Waals surface area contributed by atoms with Crippen LogP contribution in [0, 0.1) is 0 Å². The number of hydrogen-bond donors (Lipinski definition) is 5.